The Morgan fingerprint density at radius 3 is 2.61 bits per heavy atom. The predicted octanol–water partition coefficient (Wildman–Crippen LogP) is 3.54. The van der Waals surface area contributed by atoms with Crippen LogP contribution in [0.25, 0.3) is 11.0 Å². The molecular formula is C21H20N4O2S. The summed E-state index contributed by atoms with van der Waals surface area (Å²) in [5.41, 5.74) is 4.05. The van der Waals surface area contributed by atoms with E-state index in [1.807, 2.05) is 11.4 Å². The van der Waals surface area contributed by atoms with E-state index in [1.165, 1.54) is 5.56 Å². The van der Waals surface area contributed by atoms with Crippen molar-refractivity contribution in [2.45, 2.75) is 13.0 Å². The molecule has 0 fully saturated rings. The number of nitrogens with one attached hydrogen (secondary N) is 4. The molecule has 0 radical (unpaired) electrons. The number of hydrogen-bond acceptors (Lipinski definition) is 4. The Labute approximate surface area is 165 Å². The van der Waals surface area contributed by atoms with Crippen LogP contribution in [0.15, 0.2) is 64.8 Å². The molecular weight excluding hydrogens is 372 g/mol. The summed E-state index contributed by atoms with van der Waals surface area (Å²) in [4.78, 5) is 30.4. The minimum Gasteiger partial charge on any atom is -0.325 e. The monoisotopic (exact) mass is 392 g/mol. The van der Waals surface area contributed by atoms with Crippen molar-refractivity contribution in [3.8, 4) is 0 Å². The largest absolute Gasteiger partial charge is 0.325 e. The van der Waals surface area contributed by atoms with Gasteiger partial charge in [-0.25, -0.2) is 4.79 Å². The zero-order chi connectivity index (χ0) is 19.5. The van der Waals surface area contributed by atoms with E-state index in [9.17, 15) is 9.59 Å². The molecule has 1 atom stereocenters. The molecule has 0 aliphatic rings. The molecule has 0 spiro atoms. The number of rotatable bonds is 6. The van der Waals surface area contributed by atoms with E-state index >= 15 is 0 Å². The smallest absolute Gasteiger partial charge is 0.323 e. The van der Waals surface area contributed by atoms with Crippen LogP contribution in [0.1, 0.15) is 22.0 Å². The van der Waals surface area contributed by atoms with Gasteiger partial charge in [0.15, 0.2) is 0 Å². The lowest BCUT2D eigenvalue weighted by Gasteiger charge is -2.18. The average molecular weight is 392 g/mol. The molecule has 0 aliphatic carbocycles. The second-order valence-corrected chi connectivity index (χ2v) is 7.61. The van der Waals surface area contributed by atoms with Crippen molar-refractivity contribution in [1.29, 1.82) is 0 Å². The van der Waals surface area contributed by atoms with Crippen LogP contribution < -0.4 is 16.3 Å². The van der Waals surface area contributed by atoms with Crippen molar-refractivity contribution in [2.24, 2.45) is 0 Å². The highest BCUT2D eigenvalue weighted by atomic mass is 32.1. The average Bonchev–Trinajstić information content (AvgIpc) is 3.32. The second kappa shape index (κ2) is 7.84. The number of aryl methyl sites for hydroxylation is 1. The van der Waals surface area contributed by atoms with Crippen LogP contribution in [0.3, 0.4) is 0 Å². The van der Waals surface area contributed by atoms with E-state index in [0.29, 0.717) is 16.7 Å². The van der Waals surface area contributed by atoms with Gasteiger partial charge in [0.05, 0.1) is 23.6 Å². The topological polar surface area (TPSA) is 89.8 Å². The van der Waals surface area contributed by atoms with Gasteiger partial charge in [-0.05, 0) is 42.1 Å². The number of benzene rings is 2. The molecule has 28 heavy (non-hydrogen) atoms. The molecule has 2 heterocycles. The molecule has 2 aromatic heterocycles. The second-order valence-electron chi connectivity index (χ2n) is 6.63. The zero-order valence-corrected chi connectivity index (χ0v) is 16.1. The standard InChI is InChI=1S/C21H20N4O2S/c1-13-4-6-14(7-5-13)20(18-3-2-10-28-18)22-12-19(26)23-15-8-9-16-17(11-15)25-21(27)24-16/h2-11,20,22H,12H2,1H3,(H,23,26)(H2,24,25,27)/t20-/m1/s1. The summed E-state index contributed by atoms with van der Waals surface area (Å²) < 4.78 is 0. The molecule has 4 aromatic rings. The number of aromatic nitrogens is 2. The van der Waals surface area contributed by atoms with Gasteiger partial charge >= 0.3 is 5.69 Å². The molecule has 4 N–H and O–H groups in total. The summed E-state index contributed by atoms with van der Waals surface area (Å²) in [5, 5.41) is 8.26. The lowest BCUT2D eigenvalue weighted by Crippen LogP contribution is -2.31. The third-order valence-electron chi connectivity index (χ3n) is 4.50. The number of amides is 1. The first kappa shape index (κ1) is 18.2. The molecule has 0 saturated carbocycles. The Bertz CT molecular complexity index is 1140. The van der Waals surface area contributed by atoms with Gasteiger partial charge in [0, 0.05) is 10.6 Å². The summed E-state index contributed by atoms with van der Waals surface area (Å²) in [5.74, 6) is -0.147. The molecule has 1 amide bonds. The zero-order valence-electron chi connectivity index (χ0n) is 15.3. The SMILES string of the molecule is Cc1ccc([C@@H](NCC(=O)Nc2ccc3[nH]c(=O)[nH]c3c2)c2cccs2)cc1. The first-order valence-corrected chi connectivity index (χ1v) is 9.82. The fourth-order valence-corrected chi connectivity index (χ4v) is 3.93. The molecule has 0 saturated heterocycles. The summed E-state index contributed by atoms with van der Waals surface area (Å²) in [6.07, 6.45) is 0. The molecule has 142 valence electrons. The number of thiophene rings is 1. The number of aromatic amines is 2. The Kier molecular flexibility index (Phi) is 5.10. The molecule has 2 aromatic carbocycles. The predicted molar refractivity (Wildman–Crippen MR) is 113 cm³/mol. The number of carbonyl (C=O) groups is 1. The van der Waals surface area contributed by atoms with Gasteiger partial charge in [-0.15, -0.1) is 11.3 Å². The van der Waals surface area contributed by atoms with Gasteiger partial charge in [-0.3, -0.25) is 10.1 Å². The lowest BCUT2D eigenvalue weighted by molar-refractivity contribution is -0.115. The summed E-state index contributed by atoms with van der Waals surface area (Å²) in [6, 6.07) is 17.6. The fourth-order valence-electron chi connectivity index (χ4n) is 3.11. The van der Waals surface area contributed by atoms with Gasteiger partial charge in [-0.2, -0.15) is 0 Å². The third kappa shape index (κ3) is 4.05. The third-order valence-corrected chi connectivity index (χ3v) is 5.44. The lowest BCUT2D eigenvalue weighted by atomic mass is 10.0. The van der Waals surface area contributed by atoms with E-state index in [1.54, 1.807) is 29.5 Å². The van der Waals surface area contributed by atoms with Crippen LogP contribution >= 0.6 is 11.3 Å². The Morgan fingerprint density at radius 1 is 1.07 bits per heavy atom. The van der Waals surface area contributed by atoms with Crippen molar-refractivity contribution >= 4 is 34.0 Å². The maximum Gasteiger partial charge on any atom is 0.323 e. The fraction of sp³-hybridized carbons (Fsp3) is 0.143. The van der Waals surface area contributed by atoms with Crippen LogP contribution in [0.5, 0.6) is 0 Å². The van der Waals surface area contributed by atoms with E-state index < -0.39 is 0 Å². The van der Waals surface area contributed by atoms with Crippen LogP contribution in [0.4, 0.5) is 5.69 Å². The summed E-state index contributed by atoms with van der Waals surface area (Å²) in [6.45, 7) is 2.22. The Balaban J connectivity index is 1.46. The van der Waals surface area contributed by atoms with E-state index in [2.05, 4.69) is 57.9 Å². The van der Waals surface area contributed by atoms with Gasteiger partial charge in [0.2, 0.25) is 5.91 Å². The molecule has 4 rings (SSSR count). The minimum absolute atomic E-state index is 0.0464. The number of carbonyl (C=O) groups excluding carboxylic acids is 1. The van der Waals surface area contributed by atoms with Crippen molar-refractivity contribution in [3.63, 3.8) is 0 Å². The van der Waals surface area contributed by atoms with Crippen LogP contribution in [-0.2, 0) is 4.79 Å². The molecule has 0 aliphatic heterocycles. The van der Waals surface area contributed by atoms with Crippen LogP contribution in [-0.4, -0.2) is 22.4 Å². The van der Waals surface area contributed by atoms with Crippen LogP contribution in [0, 0.1) is 6.92 Å². The number of H-pyrrole nitrogens is 2. The van der Waals surface area contributed by atoms with Gasteiger partial charge < -0.3 is 15.3 Å². The highest BCUT2D eigenvalue weighted by molar-refractivity contribution is 7.10. The minimum atomic E-state index is -0.267. The Morgan fingerprint density at radius 2 is 1.86 bits per heavy atom. The first-order chi connectivity index (χ1) is 13.6. The Hall–Kier alpha value is -3.16. The van der Waals surface area contributed by atoms with Crippen molar-refractivity contribution in [2.75, 3.05) is 11.9 Å². The number of hydrogen-bond donors (Lipinski definition) is 4. The number of imidazole rings is 1. The van der Waals surface area contributed by atoms with Crippen molar-refractivity contribution in [1.82, 2.24) is 15.3 Å². The van der Waals surface area contributed by atoms with E-state index in [0.717, 1.165) is 10.4 Å². The highest BCUT2D eigenvalue weighted by Crippen LogP contribution is 2.26. The van der Waals surface area contributed by atoms with E-state index in [-0.39, 0.29) is 24.2 Å². The molecule has 6 nitrogen and oxygen atoms in total. The maximum absolute atomic E-state index is 12.5. The molecule has 0 bridgehead atoms. The van der Waals surface area contributed by atoms with Gasteiger partial charge in [0.1, 0.15) is 0 Å². The molecule has 7 heteroatoms. The first-order valence-electron chi connectivity index (χ1n) is 8.94. The maximum atomic E-state index is 12.5. The van der Waals surface area contributed by atoms with Crippen LogP contribution in [0.2, 0.25) is 0 Å². The van der Waals surface area contributed by atoms with E-state index in [4.69, 9.17) is 0 Å². The number of anilines is 1. The molecule has 0 unspecified atom stereocenters. The summed E-state index contributed by atoms with van der Waals surface area (Å²) >= 11 is 1.66. The summed E-state index contributed by atoms with van der Waals surface area (Å²) in [7, 11) is 0. The number of fused-ring (bicyclic) bond motifs is 1. The highest BCUT2D eigenvalue weighted by Gasteiger charge is 2.16. The van der Waals surface area contributed by atoms with Crippen molar-refractivity contribution in [3.05, 3.63) is 86.5 Å². The normalized spacial score (nSPS) is 12.2. The van der Waals surface area contributed by atoms with Crippen molar-refractivity contribution < 1.29 is 4.79 Å². The quantitative estimate of drug-likeness (QED) is 0.405. The van der Waals surface area contributed by atoms with Gasteiger partial charge in [0.25, 0.3) is 0 Å². The van der Waals surface area contributed by atoms with Gasteiger partial charge in [-0.1, -0.05) is 35.9 Å².